The maximum absolute atomic E-state index is 11.8. The summed E-state index contributed by atoms with van der Waals surface area (Å²) in [6.07, 6.45) is 2.68. The van der Waals surface area contributed by atoms with Crippen LogP contribution in [0.4, 0.5) is 5.69 Å². The number of nitriles is 1. The van der Waals surface area contributed by atoms with Gasteiger partial charge in [-0.25, -0.2) is 0 Å². The van der Waals surface area contributed by atoms with Gasteiger partial charge in [0.25, 0.3) is 0 Å². The first-order chi connectivity index (χ1) is 8.31. The quantitative estimate of drug-likeness (QED) is 0.868. The lowest BCUT2D eigenvalue weighted by molar-refractivity contribution is -0.116. The Morgan fingerprint density at radius 2 is 2.18 bits per heavy atom. The van der Waals surface area contributed by atoms with Crippen LogP contribution in [0.2, 0.25) is 0 Å². The van der Waals surface area contributed by atoms with Gasteiger partial charge in [0.1, 0.15) is 12.0 Å². The van der Waals surface area contributed by atoms with Crippen LogP contribution in [0.15, 0.2) is 47.3 Å². The largest absolute Gasteiger partial charge is 0.363 e. The Morgan fingerprint density at radius 3 is 2.76 bits per heavy atom. The van der Waals surface area contributed by atoms with Gasteiger partial charge < -0.3 is 9.84 Å². The van der Waals surface area contributed by atoms with E-state index >= 15 is 0 Å². The highest BCUT2D eigenvalue weighted by Crippen LogP contribution is 2.17. The molecular weight excluding hydrogens is 218 g/mol. The predicted molar refractivity (Wildman–Crippen MR) is 59.9 cm³/mol. The second kappa shape index (κ2) is 4.94. The first kappa shape index (κ1) is 10.9. The molecule has 84 valence electrons. The number of hydrogen-bond acceptors (Lipinski definition) is 4. The lowest BCUT2D eigenvalue weighted by Crippen LogP contribution is -2.19. The van der Waals surface area contributed by atoms with Crippen LogP contribution in [0.5, 0.6) is 0 Å². The molecule has 1 amide bonds. The van der Waals surface area contributed by atoms with E-state index in [0.29, 0.717) is 11.3 Å². The van der Waals surface area contributed by atoms with Crippen LogP contribution in [0.3, 0.4) is 0 Å². The Kier molecular flexibility index (Phi) is 3.17. The summed E-state index contributed by atoms with van der Waals surface area (Å²) in [5, 5.41) is 15.0. The minimum atomic E-state index is -0.842. The molecule has 0 aliphatic heterocycles. The van der Waals surface area contributed by atoms with Crippen molar-refractivity contribution < 1.29 is 9.32 Å². The van der Waals surface area contributed by atoms with Gasteiger partial charge in [-0.15, -0.1) is 0 Å². The maximum Gasteiger partial charge on any atom is 0.246 e. The van der Waals surface area contributed by atoms with Crippen molar-refractivity contribution in [2.45, 2.75) is 5.92 Å². The summed E-state index contributed by atoms with van der Waals surface area (Å²) in [5.41, 5.74) is 1.09. The number of nitrogens with one attached hydrogen (secondary N) is 1. The number of anilines is 1. The fourth-order valence-corrected chi connectivity index (χ4v) is 1.41. The van der Waals surface area contributed by atoms with Crippen LogP contribution >= 0.6 is 0 Å². The van der Waals surface area contributed by atoms with Gasteiger partial charge in [0.2, 0.25) is 5.91 Å². The summed E-state index contributed by atoms with van der Waals surface area (Å²) in [6, 6.07) is 10.8. The van der Waals surface area contributed by atoms with E-state index < -0.39 is 11.8 Å². The summed E-state index contributed by atoms with van der Waals surface area (Å²) in [4.78, 5) is 11.8. The Balaban J connectivity index is 2.15. The van der Waals surface area contributed by atoms with E-state index in [9.17, 15) is 4.79 Å². The van der Waals surface area contributed by atoms with Crippen molar-refractivity contribution >= 4 is 11.6 Å². The average molecular weight is 227 g/mol. The molecule has 2 aromatic rings. The van der Waals surface area contributed by atoms with E-state index in [1.807, 2.05) is 12.1 Å². The molecule has 0 saturated heterocycles. The van der Waals surface area contributed by atoms with Crippen LogP contribution < -0.4 is 5.32 Å². The standard InChI is InChI=1S/C12H9N3O2/c13-6-11(9-4-2-1-3-5-9)12(16)15-10-7-14-17-8-10/h1-5,7-8,11H,(H,15,16). The number of hydrogen-bond donors (Lipinski definition) is 1. The lowest BCUT2D eigenvalue weighted by atomic mass is 10.00. The topological polar surface area (TPSA) is 78.9 Å². The van der Waals surface area contributed by atoms with Gasteiger partial charge in [-0.05, 0) is 5.56 Å². The molecule has 2 rings (SSSR count). The summed E-state index contributed by atoms with van der Waals surface area (Å²) >= 11 is 0. The first-order valence-corrected chi connectivity index (χ1v) is 4.96. The van der Waals surface area contributed by atoms with Crippen LogP contribution in [0.1, 0.15) is 11.5 Å². The Bertz CT molecular complexity index is 529. The lowest BCUT2D eigenvalue weighted by Gasteiger charge is -2.08. The van der Waals surface area contributed by atoms with Gasteiger partial charge >= 0.3 is 0 Å². The van der Waals surface area contributed by atoms with Crippen molar-refractivity contribution in [1.82, 2.24) is 5.16 Å². The van der Waals surface area contributed by atoms with Gasteiger partial charge in [0, 0.05) is 0 Å². The number of carbonyl (C=O) groups is 1. The zero-order valence-electron chi connectivity index (χ0n) is 8.83. The highest BCUT2D eigenvalue weighted by molar-refractivity contribution is 5.97. The van der Waals surface area contributed by atoms with Crippen LogP contribution in [-0.2, 0) is 4.79 Å². The van der Waals surface area contributed by atoms with E-state index in [1.54, 1.807) is 24.3 Å². The highest BCUT2D eigenvalue weighted by Gasteiger charge is 2.20. The third kappa shape index (κ3) is 2.49. The second-order valence-electron chi connectivity index (χ2n) is 3.38. The predicted octanol–water partition coefficient (Wildman–Crippen LogP) is 1.92. The van der Waals surface area contributed by atoms with Gasteiger partial charge in [-0.1, -0.05) is 35.5 Å². The van der Waals surface area contributed by atoms with E-state index in [0.717, 1.165) is 0 Å². The van der Waals surface area contributed by atoms with Crippen molar-refractivity contribution in [1.29, 1.82) is 5.26 Å². The monoisotopic (exact) mass is 227 g/mol. The molecule has 0 aliphatic rings. The first-order valence-electron chi connectivity index (χ1n) is 4.96. The van der Waals surface area contributed by atoms with Crippen molar-refractivity contribution in [3.8, 4) is 6.07 Å². The number of carbonyl (C=O) groups excluding carboxylic acids is 1. The highest BCUT2D eigenvalue weighted by atomic mass is 16.5. The second-order valence-corrected chi connectivity index (χ2v) is 3.38. The van der Waals surface area contributed by atoms with E-state index in [4.69, 9.17) is 5.26 Å². The third-order valence-electron chi connectivity index (χ3n) is 2.22. The summed E-state index contributed by atoms with van der Waals surface area (Å²) in [6.45, 7) is 0. The minimum Gasteiger partial charge on any atom is -0.363 e. The molecule has 0 spiro atoms. The molecular formula is C12H9N3O2. The van der Waals surface area contributed by atoms with Crippen molar-refractivity contribution in [2.24, 2.45) is 0 Å². The number of aromatic nitrogens is 1. The fraction of sp³-hybridized carbons (Fsp3) is 0.0833. The summed E-state index contributed by atoms with van der Waals surface area (Å²) in [5.74, 6) is -1.24. The van der Waals surface area contributed by atoms with Gasteiger partial charge in [-0.3, -0.25) is 4.79 Å². The molecule has 1 unspecified atom stereocenters. The number of benzene rings is 1. The number of rotatable bonds is 3. The summed E-state index contributed by atoms with van der Waals surface area (Å²) < 4.78 is 4.59. The number of nitrogens with zero attached hydrogens (tertiary/aromatic N) is 2. The Labute approximate surface area is 97.7 Å². The Hall–Kier alpha value is -2.61. The molecule has 1 aromatic carbocycles. The molecule has 5 heteroatoms. The van der Waals surface area contributed by atoms with E-state index in [2.05, 4.69) is 15.0 Å². The van der Waals surface area contributed by atoms with Crippen molar-refractivity contribution in [3.63, 3.8) is 0 Å². The number of amides is 1. The molecule has 0 fully saturated rings. The maximum atomic E-state index is 11.8. The van der Waals surface area contributed by atoms with Gasteiger partial charge in [0.15, 0.2) is 5.92 Å². The molecule has 0 radical (unpaired) electrons. The zero-order chi connectivity index (χ0) is 12.1. The van der Waals surface area contributed by atoms with E-state index in [1.165, 1.54) is 12.5 Å². The molecule has 17 heavy (non-hydrogen) atoms. The van der Waals surface area contributed by atoms with Crippen LogP contribution in [0, 0.1) is 11.3 Å². The van der Waals surface area contributed by atoms with Gasteiger partial charge in [-0.2, -0.15) is 5.26 Å². The third-order valence-corrected chi connectivity index (χ3v) is 2.22. The smallest absolute Gasteiger partial charge is 0.246 e. The molecule has 1 heterocycles. The van der Waals surface area contributed by atoms with Crippen molar-refractivity contribution in [2.75, 3.05) is 5.32 Å². The zero-order valence-corrected chi connectivity index (χ0v) is 8.83. The summed E-state index contributed by atoms with van der Waals surface area (Å²) in [7, 11) is 0. The normalized spacial score (nSPS) is 11.5. The molecule has 1 atom stereocenters. The molecule has 5 nitrogen and oxygen atoms in total. The SMILES string of the molecule is N#CC(C(=O)Nc1cnoc1)c1ccccc1. The fourth-order valence-electron chi connectivity index (χ4n) is 1.41. The van der Waals surface area contributed by atoms with Crippen LogP contribution in [0.25, 0.3) is 0 Å². The Morgan fingerprint density at radius 1 is 1.41 bits per heavy atom. The molecule has 1 aromatic heterocycles. The molecule has 0 aliphatic carbocycles. The van der Waals surface area contributed by atoms with Gasteiger partial charge in [0.05, 0.1) is 12.3 Å². The minimum absolute atomic E-state index is 0.401. The average Bonchev–Trinajstić information content (AvgIpc) is 2.84. The molecule has 0 saturated carbocycles. The van der Waals surface area contributed by atoms with E-state index in [-0.39, 0.29) is 0 Å². The van der Waals surface area contributed by atoms with Crippen molar-refractivity contribution in [3.05, 3.63) is 48.4 Å². The molecule has 1 N–H and O–H groups in total. The van der Waals surface area contributed by atoms with Crippen LogP contribution in [-0.4, -0.2) is 11.1 Å². The molecule has 0 bridgehead atoms.